The highest BCUT2D eigenvalue weighted by atomic mass is 16.5. The molecule has 1 fully saturated rings. The van der Waals surface area contributed by atoms with Crippen LogP contribution in [0.2, 0.25) is 0 Å². The first-order valence-electron chi connectivity index (χ1n) is 5.83. The molecule has 0 spiro atoms. The van der Waals surface area contributed by atoms with Gasteiger partial charge in [-0.1, -0.05) is 0 Å². The number of nitriles is 1. The number of anilines is 1. The Morgan fingerprint density at radius 2 is 2.24 bits per heavy atom. The van der Waals surface area contributed by atoms with Crippen molar-refractivity contribution in [3.63, 3.8) is 0 Å². The van der Waals surface area contributed by atoms with Gasteiger partial charge in [0.25, 0.3) is 0 Å². The van der Waals surface area contributed by atoms with Crippen molar-refractivity contribution in [2.75, 3.05) is 31.6 Å². The van der Waals surface area contributed by atoms with Gasteiger partial charge in [-0.25, -0.2) is 0 Å². The molecule has 0 saturated carbocycles. The lowest BCUT2D eigenvalue weighted by molar-refractivity contribution is 0.414. The topological polar surface area (TPSA) is 48.3 Å². The number of ether oxygens (including phenoxy) is 1. The average Bonchev–Trinajstić information content (AvgIpc) is 2.40. The van der Waals surface area contributed by atoms with Crippen LogP contribution in [0.5, 0.6) is 5.75 Å². The molecule has 1 atom stereocenters. The fourth-order valence-corrected chi connectivity index (χ4v) is 2.16. The smallest absolute Gasteiger partial charge is 0.119 e. The molecule has 1 heterocycles. The molecule has 1 saturated heterocycles. The lowest BCUT2D eigenvalue weighted by atomic mass is 10.1. The number of hydrogen-bond acceptors (Lipinski definition) is 4. The van der Waals surface area contributed by atoms with E-state index >= 15 is 0 Å². The largest absolute Gasteiger partial charge is 0.497 e. The standard InChI is InChI=1S/C13H17N3O/c1-17-13-4-2-11(3-5-13)16-9-8-15-10-12(16)6-7-14/h2-5,12,15H,6,8-10H2,1H3. The molecule has 4 heteroatoms. The van der Waals surface area contributed by atoms with E-state index in [9.17, 15) is 0 Å². The zero-order valence-corrected chi connectivity index (χ0v) is 10.0. The Labute approximate surface area is 102 Å². The normalized spacial score (nSPS) is 19.8. The minimum atomic E-state index is 0.266. The predicted molar refractivity (Wildman–Crippen MR) is 67.2 cm³/mol. The highest BCUT2D eigenvalue weighted by Crippen LogP contribution is 2.22. The van der Waals surface area contributed by atoms with Crippen LogP contribution >= 0.6 is 0 Å². The number of nitrogens with one attached hydrogen (secondary N) is 1. The van der Waals surface area contributed by atoms with Crippen molar-refractivity contribution in [3.05, 3.63) is 24.3 Å². The SMILES string of the molecule is COc1ccc(N2CCNCC2CC#N)cc1. The zero-order chi connectivity index (χ0) is 12.1. The Morgan fingerprint density at radius 1 is 1.47 bits per heavy atom. The summed E-state index contributed by atoms with van der Waals surface area (Å²) in [5.74, 6) is 0.862. The first-order valence-corrected chi connectivity index (χ1v) is 5.83. The lowest BCUT2D eigenvalue weighted by Gasteiger charge is -2.36. The summed E-state index contributed by atoms with van der Waals surface area (Å²) in [6.07, 6.45) is 0.555. The molecule has 17 heavy (non-hydrogen) atoms. The van der Waals surface area contributed by atoms with E-state index in [1.807, 2.05) is 12.1 Å². The van der Waals surface area contributed by atoms with E-state index in [2.05, 4.69) is 28.4 Å². The summed E-state index contributed by atoms with van der Waals surface area (Å²) in [5, 5.41) is 12.2. The molecule has 0 amide bonds. The minimum absolute atomic E-state index is 0.266. The number of rotatable bonds is 3. The van der Waals surface area contributed by atoms with Gasteiger partial charge < -0.3 is 15.0 Å². The third-order valence-electron chi connectivity index (χ3n) is 3.08. The van der Waals surface area contributed by atoms with Gasteiger partial charge >= 0.3 is 0 Å². The number of benzene rings is 1. The minimum Gasteiger partial charge on any atom is -0.497 e. The maximum absolute atomic E-state index is 8.84. The molecule has 90 valence electrons. The molecule has 1 aliphatic rings. The van der Waals surface area contributed by atoms with Gasteiger partial charge in [-0.05, 0) is 24.3 Å². The molecular weight excluding hydrogens is 214 g/mol. The zero-order valence-electron chi connectivity index (χ0n) is 10.0. The van der Waals surface area contributed by atoms with E-state index in [1.54, 1.807) is 7.11 Å². The third kappa shape index (κ3) is 2.69. The summed E-state index contributed by atoms with van der Waals surface area (Å²) < 4.78 is 5.15. The maximum atomic E-state index is 8.84. The van der Waals surface area contributed by atoms with E-state index in [1.165, 1.54) is 0 Å². The highest BCUT2D eigenvalue weighted by Gasteiger charge is 2.21. The van der Waals surface area contributed by atoms with Gasteiger partial charge in [0.15, 0.2) is 0 Å². The predicted octanol–water partition coefficient (Wildman–Crippen LogP) is 1.39. The van der Waals surface area contributed by atoms with Crippen LogP contribution in [0.3, 0.4) is 0 Å². The van der Waals surface area contributed by atoms with Gasteiger partial charge in [0.2, 0.25) is 0 Å². The van der Waals surface area contributed by atoms with Crippen molar-refractivity contribution < 1.29 is 4.74 Å². The van der Waals surface area contributed by atoms with E-state index in [0.717, 1.165) is 31.1 Å². The molecular formula is C13H17N3O. The van der Waals surface area contributed by atoms with Gasteiger partial charge in [0.1, 0.15) is 5.75 Å². The summed E-state index contributed by atoms with van der Waals surface area (Å²) in [5.41, 5.74) is 1.16. The second-order valence-electron chi connectivity index (χ2n) is 4.11. The fraction of sp³-hybridized carbons (Fsp3) is 0.462. The molecule has 0 bridgehead atoms. The van der Waals surface area contributed by atoms with Crippen LogP contribution in [-0.2, 0) is 0 Å². The van der Waals surface area contributed by atoms with Gasteiger partial charge in [0, 0.05) is 25.3 Å². The number of piperazine rings is 1. The molecule has 0 aliphatic carbocycles. The van der Waals surface area contributed by atoms with Crippen molar-refractivity contribution in [3.8, 4) is 11.8 Å². The Hall–Kier alpha value is -1.73. The second-order valence-corrected chi connectivity index (χ2v) is 4.11. The van der Waals surface area contributed by atoms with E-state index in [-0.39, 0.29) is 6.04 Å². The monoisotopic (exact) mass is 231 g/mol. The van der Waals surface area contributed by atoms with Crippen molar-refractivity contribution in [1.82, 2.24) is 5.32 Å². The summed E-state index contributed by atoms with van der Waals surface area (Å²) >= 11 is 0. The Morgan fingerprint density at radius 3 is 2.88 bits per heavy atom. The van der Waals surface area contributed by atoms with Crippen LogP contribution < -0.4 is 15.0 Å². The fourth-order valence-electron chi connectivity index (χ4n) is 2.16. The maximum Gasteiger partial charge on any atom is 0.119 e. The summed E-state index contributed by atoms with van der Waals surface area (Å²) in [4.78, 5) is 2.29. The molecule has 1 aliphatic heterocycles. The Kier molecular flexibility index (Phi) is 3.84. The van der Waals surface area contributed by atoms with Crippen molar-refractivity contribution in [1.29, 1.82) is 5.26 Å². The molecule has 0 aromatic heterocycles. The van der Waals surface area contributed by atoms with Crippen LogP contribution in [0.15, 0.2) is 24.3 Å². The van der Waals surface area contributed by atoms with Crippen molar-refractivity contribution in [2.45, 2.75) is 12.5 Å². The molecule has 4 nitrogen and oxygen atoms in total. The molecule has 0 radical (unpaired) electrons. The third-order valence-corrected chi connectivity index (χ3v) is 3.08. The van der Waals surface area contributed by atoms with Gasteiger partial charge in [-0.3, -0.25) is 0 Å². The van der Waals surface area contributed by atoms with Crippen LogP contribution in [0.4, 0.5) is 5.69 Å². The summed E-state index contributed by atoms with van der Waals surface area (Å²) in [6.45, 7) is 2.78. The van der Waals surface area contributed by atoms with Crippen LogP contribution in [0.25, 0.3) is 0 Å². The Balaban J connectivity index is 2.14. The van der Waals surface area contributed by atoms with E-state index < -0.39 is 0 Å². The highest BCUT2D eigenvalue weighted by molar-refractivity contribution is 5.50. The molecule has 1 aromatic rings. The average molecular weight is 231 g/mol. The molecule has 2 rings (SSSR count). The quantitative estimate of drug-likeness (QED) is 0.854. The van der Waals surface area contributed by atoms with Crippen molar-refractivity contribution in [2.24, 2.45) is 0 Å². The summed E-state index contributed by atoms with van der Waals surface area (Å²) in [6, 6.07) is 10.5. The molecule has 1 N–H and O–H groups in total. The van der Waals surface area contributed by atoms with Gasteiger partial charge in [0.05, 0.1) is 25.6 Å². The van der Waals surface area contributed by atoms with Crippen LogP contribution in [-0.4, -0.2) is 32.8 Å². The van der Waals surface area contributed by atoms with Crippen LogP contribution in [0.1, 0.15) is 6.42 Å². The van der Waals surface area contributed by atoms with Gasteiger partial charge in [-0.15, -0.1) is 0 Å². The first kappa shape index (κ1) is 11.7. The van der Waals surface area contributed by atoms with Crippen molar-refractivity contribution >= 4 is 5.69 Å². The lowest BCUT2D eigenvalue weighted by Crippen LogP contribution is -2.51. The summed E-state index contributed by atoms with van der Waals surface area (Å²) in [7, 11) is 1.66. The number of methoxy groups -OCH3 is 1. The first-order chi connectivity index (χ1) is 8.35. The second kappa shape index (κ2) is 5.55. The van der Waals surface area contributed by atoms with E-state index in [4.69, 9.17) is 10.00 Å². The molecule has 1 aromatic carbocycles. The molecule has 1 unspecified atom stereocenters. The number of nitrogens with zero attached hydrogens (tertiary/aromatic N) is 2. The van der Waals surface area contributed by atoms with E-state index in [0.29, 0.717) is 6.42 Å². The Bertz CT molecular complexity index is 396. The van der Waals surface area contributed by atoms with Gasteiger partial charge in [-0.2, -0.15) is 5.26 Å². The number of hydrogen-bond donors (Lipinski definition) is 1. The van der Waals surface area contributed by atoms with Crippen LogP contribution in [0, 0.1) is 11.3 Å².